The van der Waals surface area contributed by atoms with Crippen molar-refractivity contribution in [2.75, 3.05) is 0 Å². The van der Waals surface area contributed by atoms with Crippen LogP contribution in [-0.4, -0.2) is 109 Å². The molecule has 0 aromatic carbocycles. The van der Waals surface area contributed by atoms with Gasteiger partial charge in [-0.25, -0.2) is 9.80 Å². The maximum Gasteiger partial charge on any atom is 0.360 e. The summed E-state index contributed by atoms with van der Waals surface area (Å²) in [6.45, 7) is 9.80. The Hall–Kier alpha value is -0.550. The molecule has 0 radical (unpaired) electrons. The second kappa shape index (κ2) is 16.2. The molecule has 0 aliphatic heterocycles. The fraction of sp³-hybridized carbons (Fsp3) is 0.933. The number of aliphatic hydroxyl groups is 6. The summed E-state index contributed by atoms with van der Waals surface area (Å²) in [6, 6.07) is 0. The van der Waals surface area contributed by atoms with Crippen molar-refractivity contribution in [2.24, 2.45) is 0 Å². The van der Waals surface area contributed by atoms with Crippen LogP contribution in [0.4, 0.5) is 0 Å². The van der Waals surface area contributed by atoms with Gasteiger partial charge in [0.1, 0.15) is 37.4 Å². The predicted molar refractivity (Wildman–Crippen MR) is 115 cm³/mol. The lowest BCUT2D eigenvalue weighted by Crippen LogP contribution is -2.45. The summed E-state index contributed by atoms with van der Waals surface area (Å²) >= 11 is 0. The molecule has 0 aromatic heterocycles. The van der Waals surface area contributed by atoms with Crippen LogP contribution in [0.15, 0.2) is 0 Å². The highest BCUT2D eigenvalue weighted by Crippen LogP contribution is 2.58. The molecule has 16 nitrogen and oxygen atoms in total. The standard InChI is InChI=1S/2C6H15NO3.C3H9NO7P2/c2*1-4(8)7(5(2)9)6(3)10;1-2(5)4-3(12(6,7)8)13(9,10)11/h2*4-6,8-10H,1-3H3;3H,1H3,(H,4,5)(H2,6,7,8)(H2,9,10,11). The Bertz CT molecular complexity index is 550. The van der Waals surface area contributed by atoms with E-state index in [1.807, 2.05) is 0 Å². The summed E-state index contributed by atoms with van der Waals surface area (Å²) < 4.78 is 21.0. The average Bonchev–Trinajstić information content (AvgIpc) is 2.48. The van der Waals surface area contributed by atoms with Gasteiger partial charge < -0.3 is 55.5 Å². The van der Waals surface area contributed by atoms with Crippen LogP contribution in [0.1, 0.15) is 48.5 Å². The van der Waals surface area contributed by atoms with Gasteiger partial charge in [0.15, 0.2) is 0 Å². The molecule has 0 aromatic rings. The van der Waals surface area contributed by atoms with Gasteiger partial charge in [-0.2, -0.15) is 0 Å². The number of aliphatic hydroxyl groups excluding tert-OH is 6. The van der Waals surface area contributed by atoms with Crippen molar-refractivity contribution in [3.8, 4) is 0 Å². The summed E-state index contributed by atoms with van der Waals surface area (Å²) in [7, 11) is -10.1. The number of carbonyl (C=O) groups excluding carboxylic acids is 1. The Morgan fingerprint density at radius 2 is 0.788 bits per heavy atom. The van der Waals surface area contributed by atoms with E-state index in [4.69, 9.17) is 50.2 Å². The van der Waals surface area contributed by atoms with Gasteiger partial charge in [0.05, 0.1) is 0 Å². The summed E-state index contributed by atoms with van der Waals surface area (Å²) in [5.74, 6) is -0.934. The van der Waals surface area contributed by atoms with Crippen LogP contribution >= 0.6 is 15.2 Å². The molecule has 0 rings (SSSR count). The van der Waals surface area contributed by atoms with Gasteiger partial charge in [0.2, 0.25) is 11.4 Å². The predicted octanol–water partition coefficient (Wildman–Crippen LogP) is -2.63. The smallest absolute Gasteiger partial charge is 0.360 e. The van der Waals surface area contributed by atoms with E-state index in [1.165, 1.54) is 56.7 Å². The van der Waals surface area contributed by atoms with Gasteiger partial charge in [-0.3, -0.25) is 13.9 Å². The Morgan fingerprint density at radius 1 is 0.606 bits per heavy atom. The first-order valence-corrected chi connectivity index (χ1v) is 12.8. The molecule has 0 spiro atoms. The molecule has 0 aliphatic carbocycles. The second-order valence-electron chi connectivity index (χ2n) is 6.94. The fourth-order valence-corrected chi connectivity index (χ4v) is 4.69. The zero-order valence-electron chi connectivity index (χ0n) is 19.5. The minimum atomic E-state index is -5.05. The maximum absolute atomic E-state index is 10.5. The van der Waals surface area contributed by atoms with Crippen LogP contribution < -0.4 is 5.32 Å². The van der Waals surface area contributed by atoms with Crippen LogP contribution in [0.2, 0.25) is 0 Å². The highest BCUT2D eigenvalue weighted by Gasteiger charge is 2.44. The van der Waals surface area contributed by atoms with Gasteiger partial charge in [-0.1, -0.05) is 0 Å². The van der Waals surface area contributed by atoms with Gasteiger partial charge in [-0.05, 0) is 41.5 Å². The fourth-order valence-electron chi connectivity index (χ4n) is 2.42. The molecule has 0 saturated carbocycles. The molecule has 6 unspecified atom stereocenters. The monoisotopic (exact) mass is 531 g/mol. The molecule has 33 heavy (non-hydrogen) atoms. The Balaban J connectivity index is -0.000000415. The zero-order valence-corrected chi connectivity index (χ0v) is 21.3. The summed E-state index contributed by atoms with van der Waals surface area (Å²) in [5.41, 5.74) is -2.46. The molecule has 0 fully saturated rings. The van der Waals surface area contributed by atoms with Crippen molar-refractivity contribution in [3.63, 3.8) is 0 Å². The highest BCUT2D eigenvalue weighted by molar-refractivity contribution is 7.70. The van der Waals surface area contributed by atoms with Crippen LogP contribution in [0.5, 0.6) is 0 Å². The van der Waals surface area contributed by atoms with Crippen molar-refractivity contribution < 1.29 is 64.1 Å². The number of rotatable bonds is 9. The number of carbonyl (C=O) groups is 1. The Kier molecular flexibility index (Phi) is 18.1. The minimum Gasteiger partial charge on any atom is -0.379 e. The molecule has 0 saturated heterocycles. The molecule has 1 amide bonds. The third-order valence-electron chi connectivity index (χ3n) is 3.56. The summed E-state index contributed by atoms with van der Waals surface area (Å²) in [5, 5.41) is 55.2. The molecule has 0 aliphatic rings. The zero-order chi connectivity index (χ0) is 27.5. The number of nitrogens with zero attached hydrogens (tertiary/aromatic N) is 2. The second-order valence-corrected chi connectivity index (χ2v) is 10.7. The van der Waals surface area contributed by atoms with Crippen molar-refractivity contribution in [3.05, 3.63) is 0 Å². The SMILES string of the molecule is CC(=O)NC(P(=O)(O)O)P(=O)(O)O.CC(O)N(C(C)O)C(C)O.CC(O)N(C(C)O)C(C)O. The summed E-state index contributed by atoms with van der Waals surface area (Å²) in [4.78, 5) is 46.5. The quantitative estimate of drug-likeness (QED) is 0.107. The van der Waals surface area contributed by atoms with Crippen LogP contribution in [-0.2, 0) is 13.9 Å². The molecular formula is C15H39N3O13P2. The first-order valence-electron chi connectivity index (χ1n) is 9.49. The van der Waals surface area contributed by atoms with Crippen LogP contribution in [0, 0.1) is 0 Å². The van der Waals surface area contributed by atoms with Gasteiger partial charge >= 0.3 is 15.2 Å². The summed E-state index contributed by atoms with van der Waals surface area (Å²) in [6.07, 6.45) is -5.00. The van der Waals surface area contributed by atoms with E-state index < -0.39 is 64.0 Å². The van der Waals surface area contributed by atoms with Gasteiger partial charge in [-0.15, -0.1) is 0 Å². The van der Waals surface area contributed by atoms with Crippen molar-refractivity contribution in [1.82, 2.24) is 15.1 Å². The van der Waals surface area contributed by atoms with Crippen LogP contribution in [0.25, 0.3) is 0 Å². The lowest BCUT2D eigenvalue weighted by Gasteiger charge is -2.30. The Morgan fingerprint density at radius 3 is 0.818 bits per heavy atom. The minimum absolute atomic E-state index is 0.833. The molecule has 6 atom stereocenters. The van der Waals surface area contributed by atoms with E-state index in [9.17, 15) is 13.9 Å². The van der Waals surface area contributed by atoms with E-state index >= 15 is 0 Å². The van der Waals surface area contributed by atoms with Crippen LogP contribution in [0.3, 0.4) is 0 Å². The third-order valence-corrected chi connectivity index (χ3v) is 6.90. The van der Waals surface area contributed by atoms with Crippen molar-refractivity contribution >= 4 is 21.1 Å². The number of amides is 1. The van der Waals surface area contributed by atoms with Crippen molar-refractivity contribution in [2.45, 2.75) is 91.4 Å². The number of hydrogen-bond donors (Lipinski definition) is 11. The third kappa shape index (κ3) is 17.5. The molecule has 0 bridgehead atoms. The topological polar surface area (TPSA) is 272 Å². The molecule has 11 N–H and O–H groups in total. The van der Waals surface area contributed by atoms with Gasteiger partial charge in [0.25, 0.3) is 0 Å². The first kappa shape index (κ1) is 37.0. The largest absolute Gasteiger partial charge is 0.379 e. The molecule has 202 valence electrons. The maximum atomic E-state index is 10.5. The van der Waals surface area contributed by atoms with E-state index in [0.717, 1.165) is 6.92 Å². The number of hydrogen-bond acceptors (Lipinski definition) is 11. The molecule has 0 heterocycles. The molecule has 18 heteroatoms. The van der Waals surface area contributed by atoms with E-state index in [2.05, 4.69) is 0 Å². The lowest BCUT2D eigenvalue weighted by molar-refractivity contribution is -0.160. The Labute approximate surface area is 192 Å². The average molecular weight is 531 g/mol. The first-order chi connectivity index (χ1) is 14.5. The normalized spacial score (nSPS) is 17.7. The van der Waals surface area contributed by atoms with Gasteiger partial charge in [0, 0.05) is 6.92 Å². The molecular weight excluding hydrogens is 492 g/mol. The van der Waals surface area contributed by atoms with E-state index in [0.29, 0.717) is 0 Å². The van der Waals surface area contributed by atoms with E-state index in [-0.39, 0.29) is 0 Å². The lowest BCUT2D eigenvalue weighted by atomic mass is 10.4. The van der Waals surface area contributed by atoms with E-state index in [1.54, 1.807) is 0 Å². The number of nitrogens with one attached hydrogen (secondary N) is 1. The van der Waals surface area contributed by atoms with Crippen molar-refractivity contribution in [1.29, 1.82) is 0 Å². The highest BCUT2D eigenvalue weighted by atomic mass is 31.2.